The van der Waals surface area contributed by atoms with Crippen molar-refractivity contribution < 1.29 is 9.90 Å². The molecule has 0 aliphatic rings. The van der Waals surface area contributed by atoms with E-state index in [9.17, 15) is 14.7 Å². The van der Waals surface area contributed by atoms with Crippen molar-refractivity contribution in [3.05, 3.63) is 172 Å². The Morgan fingerprint density at radius 1 is 0.761 bits per heavy atom. The Morgan fingerprint density at radius 2 is 1.37 bits per heavy atom. The zero-order valence-corrected chi connectivity index (χ0v) is 25.4. The third-order valence-electron chi connectivity index (χ3n) is 8.78. The van der Waals surface area contributed by atoms with Crippen LogP contribution in [-0.2, 0) is 13.5 Å². The molecule has 1 amide bonds. The van der Waals surface area contributed by atoms with Gasteiger partial charge in [-0.05, 0) is 59.0 Å². The van der Waals surface area contributed by atoms with E-state index in [0.29, 0.717) is 35.0 Å². The van der Waals surface area contributed by atoms with E-state index in [4.69, 9.17) is 0 Å². The Balaban J connectivity index is 1.26. The average Bonchev–Trinajstić information content (AvgIpc) is 3.47. The first-order chi connectivity index (χ1) is 22.5. The molecule has 0 radical (unpaired) electrons. The van der Waals surface area contributed by atoms with Gasteiger partial charge in [0.25, 0.3) is 11.5 Å². The molecule has 1 unspecified atom stereocenters. The summed E-state index contributed by atoms with van der Waals surface area (Å²) >= 11 is 0. The number of carbonyl (C=O) groups is 1. The van der Waals surface area contributed by atoms with Crippen LogP contribution in [0.5, 0.6) is 5.75 Å². The number of aromatic hydroxyl groups is 1. The smallest absolute Gasteiger partial charge is 0.258 e. The molecule has 7 aromatic rings. The fourth-order valence-electron chi connectivity index (χ4n) is 6.47. The van der Waals surface area contributed by atoms with Crippen LogP contribution < -0.4 is 10.9 Å². The molecule has 3 N–H and O–H groups in total. The van der Waals surface area contributed by atoms with Crippen LogP contribution in [0, 0.1) is 0 Å². The van der Waals surface area contributed by atoms with E-state index in [2.05, 4.69) is 16.4 Å². The van der Waals surface area contributed by atoms with Crippen LogP contribution in [0.1, 0.15) is 38.7 Å². The van der Waals surface area contributed by atoms with E-state index in [-0.39, 0.29) is 17.2 Å². The number of para-hydroxylation sites is 2. The van der Waals surface area contributed by atoms with Crippen molar-refractivity contribution in [1.82, 2.24) is 14.9 Å². The first-order valence-electron chi connectivity index (χ1n) is 15.4. The van der Waals surface area contributed by atoms with Gasteiger partial charge in [0, 0.05) is 41.1 Å². The number of carbonyl (C=O) groups excluding carboxylic acids is 1. The molecule has 1 atom stereocenters. The number of hydrogen-bond acceptors (Lipinski definition) is 3. The molecule has 0 fully saturated rings. The van der Waals surface area contributed by atoms with Crippen molar-refractivity contribution in [3.63, 3.8) is 0 Å². The number of hydrogen-bond donors (Lipinski definition) is 3. The summed E-state index contributed by atoms with van der Waals surface area (Å²) in [5.41, 5.74) is 7.05. The van der Waals surface area contributed by atoms with E-state index in [1.165, 1.54) is 0 Å². The zero-order chi connectivity index (χ0) is 31.6. The Labute approximate surface area is 266 Å². The van der Waals surface area contributed by atoms with Crippen molar-refractivity contribution in [2.75, 3.05) is 6.54 Å². The third kappa shape index (κ3) is 5.24. The molecule has 0 aliphatic carbocycles. The zero-order valence-electron chi connectivity index (χ0n) is 25.4. The van der Waals surface area contributed by atoms with Crippen LogP contribution in [0.15, 0.2) is 138 Å². The summed E-state index contributed by atoms with van der Waals surface area (Å²) in [4.78, 5) is 30.8. The van der Waals surface area contributed by atoms with Crippen molar-refractivity contribution in [2.45, 2.75) is 12.3 Å². The van der Waals surface area contributed by atoms with Gasteiger partial charge in [0.05, 0.1) is 17.0 Å². The maximum Gasteiger partial charge on any atom is 0.258 e. The van der Waals surface area contributed by atoms with Gasteiger partial charge in [-0.2, -0.15) is 0 Å². The third-order valence-corrected chi connectivity index (χ3v) is 8.78. The lowest BCUT2D eigenvalue weighted by atomic mass is 9.85. The SMILES string of the molecule is Cn1c(=O)c(C(c2ccccc2)c2[nH]c3ccccc3c2CCNC(=O)c2ccc(-c3ccccc3)cc2)c(O)c2ccccc21. The summed E-state index contributed by atoms with van der Waals surface area (Å²) < 4.78 is 1.60. The number of pyridine rings is 1. The minimum absolute atomic E-state index is 0.0237. The predicted molar refractivity (Wildman–Crippen MR) is 184 cm³/mol. The average molecular weight is 604 g/mol. The normalized spacial score (nSPS) is 11.9. The van der Waals surface area contributed by atoms with Crippen molar-refractivity contribution >= 4 is 27.7 Å². The van der Waals surface area contributed by atoms with Gasteiger partial charge in [-0.25, -0.2) is 0 Å². The minimum atomic E-state index is -0.576. The number of rotatable bonds is 8. The molecule has 7 rings (SSSR count). The molecule has 0 bridgehead atoms. The number of nitrogens with one attached hydrogen (secondary N) is 2. The van der Waals surface area contributed by atoms with Crippen LogP contribution in [0.2, 0.25) is 0 Å². The summed E-state index contributed by atoms with van der Waals surface area (Å²) in [5.74, 6) is -0.751. The second-order valence-electron chi connectivity index (χ2n) is 11.5. The topological polar surface area (TPSA) is 87.1 Å². The number of nitrogens with zero attached hydrogens (tertiary/aromatic N) is 1. The Hall–Kier alpha value is -5.88. The predicted octanol–water partition coefficient (Wildman–Crippen LogP) is 7.55. The highest BCUT2D eigenvalue weighted by Gasteiger charge is 2.30. The summed E-state index contributed by atoms with van der Waals surface area (Å²) in [6, 6.07) is 42.9. The largest absolute Gasteiger partial charge is 0.507 e. The molecule has 0 saturated carbocycles. The van der Waals surface area contributed by atoms with Crippen LogP contribution in [-0.4, -0.2) is 27.1 Å². The molecule has 6 heteroatoms. The molecular formula is C40H33N3O3. The standard InChI is InChI=1S/C40H33N3O3/c1-43-34-19-11-9-17-32(34)38(44)36(40(43)46)35(28-14-6-3-7-15-28)37-31(30-16-8-10-18-33(30)42-37)24-25-41-39(45)29-22-20-27(21-23-29)26-12-4-2-5-13-26/h2-23,35,42,44H,24-25H2,1H3,(H,41,45). The van der Waals surface area contributed by atoms with Gasteiger partial charge >= 0.3 is 0 Å². The molecule has 5 aromatic carbocycles. The highest BCUT2D eigenvalue weighted by Crippen LogP contribution is 2.41. The number of benzene rings is 5. The molecule has 46 heavy (non-hydrogen) atoms. The van der Waals surface area contributed by atoms with Crippen molar-refractivity contribution in [3.8, 4) is 16.9 Å². The van der Waals surface area contributed by atoms with E-state index in [0.717, 1.165) is 38.9 Å². The number of fused-ring (bicyclic) bond motifs is 2. The first kappa shape index (κ1) is 28.9. The van der Waals surface area contributed by atoms with Crippen LogP contribution in [0.3, 0.4) is 0 Å². The molecule has 2 aromatic heterocycles. The maximum atomic E-state index is 14.0. The number of amides is 1. The molecule has 0 spiro atoms. The lowest BCUT2D eigenvalue weighted by Gasteiger charge is -2.22. The highest BCUT2D eigenvalue weighted by atomic mass is 16.3. The Kier molecular flexibility index (Phi) is 7.69. The number of aromatic nitrogens is 2. The van der Waals surface area contributed by atoms with E-state index in [1.54, 1.807) is 11.6 Å². The highest BCUT2D eigenvalue weighted by molar-refractivity contribution is 5.95. The van der Waals surface area contributed by atoms with E-state index >= 15 is 0 Å². The maximum absolute atomic E-state index is 14.0. The van der Waals surface area contributed by atoms with Gasteiger partial charge in [0.1, 0.15) is 5.75 Å². The summed E-state index contributed by atoms with van der Waals surface area (Å²) in [5, 5.41) is 16.4. The number of aryl methyl sites for hydroxylation is 1. The van der Waals surface area contributed by atoms with Gasteiger partial charge < -0.3 is 20.0 Å². The molecule has 0 aliphatic heterocycles. The minimum Gasteiger partial charge on any atom is -0.507 e. The summed E-state index contributed by atoms with van der Waals surface area (Å²) in [6.45, 7) is 0.386. The van der Waals surface area contributed by atoms with Crippen LogP contribution in [0.25, 0.3) is 32.9 Å². The fraction of sp³-hybridized carbons (Fsp3) is 0.100. The van der Waals surface area contributed by atoms with Gasteiger partial charge in [0.2, 0.25) is 0 Å². The van der Waals surface area contributed by atoms with E-state index < -0.39 is 5.92 Å². The number of H-pyrrole nitrogens is 1. The second kappa shape index (κ2) is 12.3. The van der Waals surface area contributed by atoms with Gasteiger partial charge in [-0.15, -0.1) is 0 Å². The monoisotopic (exact) mass is 603 g/mol. The Morgan fingerprint density at radius 3 is 2.11 bits per heavy atom. The van der Waals surface area contributed by atoms with Gasteiger partial charge in [-0.1, -0.05) is 103 Å². The van der Waals surface area contributed by atoms with E-state index in [1.807, 2.05) is 127 Å². The van der Waals surface area contributed by atoms with Gasteiger partial charge in [-0.3, -0.25) is 9.59 Å². The Bertz CT molecular complexity index is 2230. The summed E-state index contributed by atoms with van der Waals surface area (Å²) in [6.07, 6.45) is 0.519. The fourth-order valence-corrected chi connectivity index (χ4v) is 6.47. The quantitative estimate of drug-likeness (QED) is 0.168. The lowest BCUT2D eigenvalue weighted by Crippen LogP contribution is -2.27. The summed E-state index contributed by atoms with van der Waals surface area (Å²) in [7, 11) is 1.74. The van der Waals surface area contributed by atoms with Crippen LogP contribution >= 0.6 is 0 Å². The molecule has 0 saturated heterocycles. The molecular weight excluding hydrogens is 570 g/mol. The lowest BCUT2D eigenvalue weighted by molar-refractivity contribution is 0.0954. The second-order valence-corrected chi connectivity index (χ2v) is 11.5. The molecule has 2 heterocycles. The van der Waals surface area contributed by atoms with Crippen molar-refractivity contribution in [2.24, 2.45) is 7.05 Å². The van der Waals surface area contributed by atoms with Crippen molar-refractivity contribution in [1.29, 1.82) is 0 Å². The first-order valence-corrected chi connectivity index (χ1v) is 15.4. The van der Waals surface area contributed by atoms with Gasteiger partial charge in [0.15, 0.2) is 0 Å². The molecule has 6 nitrogen and oxygen atoms in total. The van der Waals surface area contributed by atoms with Crippen LogP contribution in [0.4, 0.5) is 0 Å². The molecule has 226 valence electrons. The number of aromatic amines is 1.